The molecule has 0 aliphatic heterocycles. The second-order valence-corrected chi connectivity index (χ2v) is 7.52. The molecule has 2 aromatic carbocycles. The maximum absolute atomic E-state index is 13.4. The molecule has 0 aliphatic rings. The van der Waals surface area contributed by atoms with Gasteiger partial charge >= 0.3 is 0 Å². The second kappa shape index (κ2) is 6.98. The standard InChI is InChI=1S/C24H16FN7/c25-16-4-1-13(2-5-16)19-11-28-12-21-22(19)30-24(29-21)23-18-8-14(3-6-20(18)31-32-23)15-7-17(26)10-27-9-15/h1-12H,26H2,(H,29,30)(H,31,32). The van der Waals surface area contributed by atoms with E-state index >= 15 is 0 Å². The molecular formula is C24H16FN7. The van der Waals surface area contributed by atoms with Crippen molar-refractivity contribution in [2.45, 2.75) is 0 Å². The average Bonchev–Trinajstić information content (AvgIpc) is 3.43. The number of rotatable bonds is 3. The van der Waals surface area contributed by atoms with Gasteiger partial charge in [-0.05, 0) is 41.5 Å². The number of halogens is 1. The molecule has 4 aromatic heterocycles. The predicted molar refractivity (Wildman–Crippen MR) is 122 cm³/mol. The molecule has 0 unspecified atom stereocenters. The van der Waals surface area contributed by atoms with Crippen molar-refractivity contribution in [3.63, 3.8) is 0 Å². The third-order valence-electron chi connectivity index (χ3n) is 5.43. The van der Waals surface area contributed by atoms with Crippen LogP contribution in [0.1, 0.15) is 0 Å². The lowest BCUT2D eigenvalue weighted by molar-refractivity contribution is 0.628. The number of aromatic amines is 2. The molecule has 0 radical (unpaired) electrons. The Balaban J connectivity index is 1.50. The average molecular weight is 421 g/mol. The number of aromatic nitrogens is 6. The Morgan fingerprint density at radius 2 is 1.59 bits per heavy atom. The van der Waals surface area contributed by atoms with E-state index < -0.39 is 0 Å². The minimum Gasteiger partial charge on any atom is -0.397 e. The molecule has 0 aliphatic carbocycles. The van der Waals surface area contributed by atoms with Crippen molar-refractivity contribution < 1.29 is 4.39 Å². The summed E-state index contributed by atoms with van der Waals surface area (Å²) in [5, 5.41) is 8.48. The fraction of sp³-hybridized carbons (Fsp3) is 0. The first kappa shape index (κ1) is 18.2. The number of nitrogen functional groups attached to an aromatic ring is 1. The summed E-state index contributed by atoms with van der Waals surface area (Å²) in [6.45, 7) is 0. The fourth-order valence-corrected chi connectivity index (χ4v) is 3.88. The summed E-state index contributed by atoms with van der Waals surface area (Å²) in [5.74, 6) is 0.330. The van der Waals surface area contributed by atoms with Crippen molar-refractivity contribution in [2.75, 3.05) is 5.73 Å². The van der Waals surface area contributed by atoms with Crippen molar-refractivity contribution in [3.8, 4) is 33.8 Å². The highest BCUT2D eigenvalue weighted by molar-refractivity contribution is 5.98. The van der Waals surface area contributed by atoms with E-state index in [0.29, 0.717) is 17.2 Å². The van der Waals surface area contributed by atoms with Crippen LogP contribution in [-0.2, 0) is 0 Å². The van der Waals surface area contributed by atoms with Gasteiger partial charge in [-0.2, -0.15) is 5.10 Å². The van der Waals surface area contributed by atoms with Crippen molar-refractivity contribution in [3.05, 3.63) is 79.1 Å². The lowest BCUT2D eigenvalue weighted by atomic mass is 10.0. The van der Waals surface area contributed by atoms with E-state index in [1.54, 1.807) is 36.9 Å². The summed E-state index contributed by atoms with van der Waals surface area (Å²) >= 11 is 0. The number of pyridine rings is 2. The third-order valence-corrected chi connectivity index (χ3v) is 5.43. The Hall–Kier alpha value is -4.59. The molecule has 0 spiro atoms. The lowest BCUT2D eigenvalue weighted by Gasteiger charge is -2.03. The molecule has 6 rings (SSSR count). The number of H-pyrrole nitrogens is 2. The number of benzene rings is 2. The van der Waals surface area contributed by atoms with Gasteiger partial charge in [-0.15, -0.1) is 0 Å². The van der Waals surface area contributed by atoms with Gasteiger partial charge in [0.05, 0.1) is 28.4 Å². The quantitative estimate of drug-likeness (QED) is 0.374. The van der Waals surface area contributed by atoms with Crippen LogP contribution in [-0.4, -0.2) is 30.1 Å². The van der Waals surface area contributed by atoms with Crippen LogP contribution in [0.4, 0.5) is 10.1 Å². The van der Waals surface area contributed by atoms with E-state index in [1.165, 1.54) is 12.1 Å². The molecule has 0 bridgehead atoms. The van der Waals surface area contributed by atoms with Gasteiger partial charge in [-0.25, -0.2) is 9.37 Å². The predicted octanol–water partition coefficient (Wildman–Crippen LogP) is 4.95. The third kappa shape index (κ3) is 2.97. The molecule has 32 heavy (non-hydrogen) atoms. The molecule has 7 nitrogen and oxygen atoms in total. The molecule has 0 atom stereocenters. The zero-order valence-corrected chi connectivity index (χ0v) is 16.7. The molecule has 0 amide bonds. The molecule has 154 valence electrons. The molecule has 0 saturated heterocycles. The van der Waals surface area contributed by atoms with Crippen LogP contribution in [0.5, 0.6) is 0 Å². The van der Waals surface area contributed by atoms with Gasteiger partial charge in [0.1, 0.15) is 11.5 Å². The molecular weight excluding hydrogens is 405 g/mol. The van der Waals surface area contributed by atoms with Crippen LogP contribution in [0.25, 0.3) is 55.7 Å². The number of hydrogen-bond donors (Lipinski definition) is 3. The summed E-state index contributed by atoms with van der Waals surface area (Å²) in [7, 11) is 0. The highest BCUT2D eigenvalue weighted by Gasteiger charge is 2.16. The van der Waals surface area contributed by atoms with E-state index in [1.807, 2.05) is 24.3 Å². The number of nitrogens with zero attached hydrogens (tertiary/aromatic N) is 4. The van der Waals surface area contributed by atoms with Gasteiger partial charge in [0.2, 0.25) is 0 Å². The Morgan fingerprint density at radius 3 is 2.44 bits per heavy atom. The summed E-state index contributed by atoms with van der Waals surface area (Å²) in [4.78, 5) is 16.6. The number of nitrogens with two attached hydrogens (primary N) is 1. The van der Waals surface area contributed by atoms with Crippen LogP contribution in [0.15, 0.2) is 73.3 Å². The van der Waals surface area contributed by atoms with Crippen LogP contribution >= 0.6 is 0 Å². The van der Waals surface area contributed by atoms with Gasteiger partial charge in [-0.1, -0.05) is 18.2 Å². The van der Waals surface area contributed by atoms with Crippen molar-refractivity contribution in [1.29, 1.82) is 0 Å². The van der Waals surface area contributed by atoms with E-state index in [2.05, 4.69) is 25.1 Å². The van der Waals surface area contributed by atoms with E-state index in [4.69, 9.17) is 10.7 Å². The first-order chi connectivity index (χ1) is 15.7. The number of imidazole rings is 1. The molecule has 0 saturated carbocycles. The summed E-state index contributed by atoms with van der Waals surface area (Å²) < 4.78 is 13.4. The highest BCUT2D eigenvalue weighted by atomic mass is 19.1. The van der Waals surface area contributed by atoms with Gasteiger partial charge < -0.3 is 10.7 Å². The summed E-state index contributed by atoms with van der Waals surface area (Å²) in [5.41, 5.74) is 13.2. The van der Waals surface area contributed by atoms with E-state index in [-0.39, 0.29) is 5.82 Å². The first-order valence-corrected chi connectivity index (χ1v) is 9.95. The maximum Gasteiger partial charge on any atom is 0.159 e. The zero-order chi connectivity index (χ0) is 21.7. The minimum atomic E-state index is -0.286. The van der Waals surface area contributed by atoms with Crippen LogP contribution in [0, 0.1) is 5.82 Å². The Bertz CT molecular complexity index is 1600. The molecule has 8 heteroatoms. The number of hydrogen-bond acceptors (Lipinski definition) is 5. The first-order valence-electron chi connectivity index (χ1n) is 9.95. The lowest BCUT2D eigenvalue weighted by Crippen LogP contribution is -1.88. The number of nitrogens with one attached hydrogen (secondary N) is 2. The normalized spacial score (nSPS) is 11.4. The highest BCUT2D eigenvalue weighted by Crippen LogP contribution is 2.32. The van der Waals surface area contributed by atoms with Gasteiger partial charge in [0, 0.05) is 35.1 Å². The van der Waals surface area contributed by atoms with E-state index in [9.17, 15) is 4.39 Å². The van der Waals surface area contributed by atoms with Gasteiger partial charge in [0.15, 0.2) is 5.82 Å². The summed E-state index contributed by atoms with van der Waals surface area (Å²) in [6, 6.07) is 14.2. The van der Waals surface area contributed by atoms with Gasteiger partial charge in [-0.3, -0.25) is 15.1 Å². The molecule has 4 heterocycles. The van der Waals surface area contributed by atoms with Crippen LogP contribution in [0.2, 0.25) is 0 Å². The second-order valence-electron chi connectivity index (χ2n) is 7.52. The monoisotopic (exact) mass is 421 g/mol. The largest absolute Gasteiger partial charge is 0.397 e. The SMILES string of the molecule is Nc1cncc(-c2ccc3[nH]nc(-c4nc5c(-c6ccc(F)cc6)cncc5[nH]4)c3c2)c1. The fourth-order valence-electron chi connectivity index (χ4n) is 3.88. The van der Waals surface area contributed by atoms with Gasteiger partial charge in [0.25, 0.3) is 0 Å². The van der Waals surface area contributed by atoms with Crippen molar-refractivity contribution in [1.82, 2.24) is 30.1 Å². The maximum atomic E-state index is 13.4. The Kier molecular flexibility index (Phi) is 3.97. The van der Waals surface area contributed by atoms with E-state index in [0.717, 1.165) is 44.2 Å². The summed E-state index contributed by atoms with van der Waals surface area (Å²) in [6.07, 6.45) is 6.84. The number of fused-ring (bicyclic) bond motifs is 2. The molecule has 0 fully saturated rings. The molecule has 6 aromatic rings. The van der Waals surface area contributed by atoms with Crippen LogP contribution < -0.4 is 5.73 Å². The van der Waals surface area contributed by atoms with Crippen LogP contribution in [0.3, 0.4) is 0 Å². The zero-order valence-electron chi connectivity index (χ0n) is 16.7. The smallest absolute Gasteiger partial charge is 0.159 e. The minimum absolute atomic E-state index is 0.286. The topological polar surface area (TPSA) is 109 Å². The Labute approximate surface area is 181 Å². The van der Waals surface area contributed by atoms with Crippen molar-refractivity contribution >= 4 is 27.6 Å². The van der Waals surface area contributed by atoms with Crippen molar-refractivity contribution in [2.24, 2.45) is 0 Å². The molecule has 4 N–H and O–H groups in total. The Morgan fingerprint density at radius 1 is 0.781 bits per heavy atom. The number of anilines is 1.